The van der Waals surface area contributed by atoms with Crippen molar-refractivity contribution >= 4 is 17.5 Å². The number of aryl methyl sites for hydroxylation is 1. The Morgan fingerprint density at radius 2 is 2.23 bits per heavy atom. The molecule has 1 atom stereocenters. The van der Waals surface area contributed by atoms with E-state index < -0.39 is 5.92 Å². The first-order valence-corrected chi connectivity index (χ1v) is 7.10. The van der Waals surface area contributed by atoms with Crippen LogP contribution >= 0.6 is 0 Å². The molecule has 114 valence electrons. The highest BCUT2D eigenvalue weighted by Crippen LogP contribution is 2.33. The summed E-state index contributed by atoms with van der Waals surface area (Å²) >= 11 is 0. The highest BCUT2D eigenvalue weighted by Gasteiger charge is 2.32. The average molecular weight is 299 g/mol. The number of carbonyl (C=O) groups excluding carboxylic acids is 2. The number of rotatable bonds is 3. The van der Waals surface area contributed by atoms with Gasteiger partial charge in [-0.15, -0.1) is 0 Å². The van der Waals surface area contributed by atoms with Crippen LogP contribution in [0.5, 0.6) is 0 Å². The van der Waals surface area contributed by atoms with Crippen molar-refractivity contribution in [3.63, 3.8) is 0 Å². The van der Waals surface area contributed by atoms with Gasteiger partial charge in [0.05, 0.1) is 12.5 Å². The van der Waals surface area contributed by atoms with Gasteiger partial charge in [-0.3, -0.25) is 9.59 Å². The Balaban J connectivity index is 1.81. The van der Waals surface area contributed by atoms with Gasteiger partial charge in [0.1, 0.15) is 11.5 Å². The Hall–Kier alpha value is -2.63. The number of amides is 2. The van der Waals surface area contributed by atoms with Gasteiger partial charge in [-0.05, 0) is 18.6 Å². The van der Waals surface area contributed by atoms with Crippen LogP contribution < -0.4 is 5.32 Å². The molecule has 1 N–H and O–H groups in total. The standard InChI is InChI=1S/C16H17N3O3/c1-10-7-11(18-22-10)9-19(2)16(21)13-8-15(20)17-14-6-4-3-5-12(13)14/h3-7,13H,8-9H2,1-2H3,(H,17,20)/t13-/m0/s1. The lowest BCUT2D eigenvalue weighted by atomic mass is 9.89. The summed E-state index contributed by atoms with van der Waals surface area (Å²) in [6, 6.07) is 9.20. The minimum Gasteiger partial charge on any atom is -0.361 e. The lowest BCUT2D eigenvalue weighted by Gasteiger charge is -2.28. The molecule has 0 radical (unpaired) electrons. The molecule has 22 heavy (non-hydrogen) atoms. The van der Waals surface area contributed by atoms with Gasteiger partial charge >= 0.3 is 0 Å². The van der Waals surface area contributed by atoms with Gasteiger partial charge in [-0.25, -0.2) is 0 Å². The number of carbonyl (C=O) groups is 2. The van der Waals surface area contributed by atoms with Crippen LogP contribution in [0.15, 0.2) is 34.9 Å². The van der Waals surface area contributed by atoms with Crippen molar-refractivity contribution in [2.45, 2.75) is 25.8 Å². The van der Waals surface area contributed by atoms with E-state index in [9.17, 15) is 9.59 Å². The highest BCUT2D eigenvalue weighted by atomic mass is 16.5. The molecule has 0 saturated carbocycles. The fraction of sp³-hybridized carbons (Fsp3) is 0.312. The van der Waals surface area contributed by atoms with Crippen LogP contribution in [-0.4, -0.2) is 28.9 Å². The quantitative estimate of drug-likeness (QED) is 0.941. The molecule has 0 saturated heterocycles. The Morgan fingerprint density at radius 1 is 1.45 bits per heavy atom. The van der Waals surface area contributed by atoms with E-state index in [0.29, 0.717) is 23.7 Å². The van der Waals surface area contributed by atoms with Crippen LogP contribution in [0.25, 0.3) is 0 Å². The van der Waals surface area contributed by atoms with Crippen LogP contribution in [0.3, 0.4) is 0 Å². The molecule has 2 heterocycles. The number of fused-ring (bicyclic) bond motifs is 1. The van der Waals surface area contributed by atoms with Crippen molar-refractivity contribution in [2.75, 3.05) is 12.4 Å². The lowest BCUT2D eigenvalue weighted by Crippen LogP contribution is -2.36. The van der Waals surface area contributed by atoms with Gasteiger partial charge in [0.2, 0.25) is 11.8 Å². The number of likely N-dealkylation sites (N-methyl/N-ethyl adjacent to an activating group) is 1. The first kappa shape index (κ1) is 14.3. The zero-order valence-corrected chi connectivity index (χ0v) is 12.5. The van der Waals surface area contributed by atoms with Crippen LogP contribution in [-0.2, 0) is 16.1 Å². The number of hydrogen-bond acceptors (Lipinski definition) is 4. The summed E-state index contributed by atoms with van der Waals surface area (Å²) in [5.41, 5.74) is 2.26. The average Bonchev–Trinajstić information content (AvgIpc) is 2.90. The zero-order chi connectivity index (χ0) is 15.7. The number of hydrogen-bond donors (Lipinski definition) is 1. The fourth-order valence-corrected chi connectivity index (χ4v) is 2.71. The zero-order valence-electron chi connectivity index (χ0n) is 12.5. The molecule has 0 spiro atoms. The molecule has 0 unspecified atom stereocenters. The van der Waals surface area contributed by atoms with Gasteiger partial charge in [0.25, 0.3) is 0 Å². The topological polar surface area (TPSA) is 75.4 Å². The Labute approximate surface area is 128 Å². The predicted octanol–water partition coefficient (Wildman–Crippen LogP) is 2.07. The minimum atomic E-state index is -0.456. The van der Waals surface area contributed by atoms with E-state index in [1.165, 1.54) is 0 Å². The van der Waals surface area contributed by atoms with Gasteiger partial charge in [0, 0.05) is 25.2 Å². The number of benzene rings is 1. The van der Waals surface area contributed by atoms with Crippen molar-refractivity contribution in [1.82, 2.24) is 10.1 Å². The molecule has 3 rings (SSSR count). The number of anilines is 1. The SMILES string of the molecule is Cc1cc(CN(C)C(=O)[C@H]2CC(=O)Nc3ccccc32)no1. The van der Waals surface area contributed by atoms with E-state index >= 15 is 0 Å². The minimum absolute atomic E-state index is 0.0945. The normalized spacial score (nSPS) is 16.8. The highest BCUT2D eigenvalue weighted by molar-refractivity contribution is 6.01. The third-order valence-electron chi connectivity index (χ3n) is 3.75. The van der Waals surface area contributed by atoms with E-state index in [1.807, 2.05) is 24.3 Å². The van der Waals surface area contributed by atoms with Crippen LogP contribution in [0, 0.1) is 6.92 Å². The van der Waals surface area contributed by atoms with Gasteiger partial charge < -0.3 is 14.7 Å². The van der Waals surface area contributed by atoms with Crippen LogP contribution in [0.4, 0.5) is 5.69 Å². The van der Waals surface area contributed by atoms with E-state index in [0.717, 1.165) is 5.56 Å². The van der Waals surface area contributed by atoms with E-state index in [4.69, 9.17) is 4.52 Å². The molecule has 1 aliphatic heterocycles. The Morgan fingerprint density at radius 3 is 2.95 bits per heavy atom. The smallest absolute Gasteiger partial charge is 0.230 e. The number of aromatic nitrogens is 1. The molecule has 0 aliphatic carbocycles. The molecule has 1 aromatic carbocycles. The third-order valence-corrected chi connectivity index (χ3v) is 3.75. The molecule has 6 heteroatoms. The second kappa shape index (κ2) is 5.63. The van der Waals surface area contributed by atoms with E-state index in [-0.39, 0.29) is 18.2 Å². The third kappa shape index (κ3) is 2.72. The molecule has 0 fully saturated rings. The van der Waals surface area contributed by atoms with Gasteiger partial charge in [-0.2, -0.15) is 0 Å². The summed E-state index contributed by atoms with van der Waals surface area (Å²) in [4.78, 5) is 26.1. The van der Waals surface area contributed by atoms with Crippen molar-refractivity contribution in [3.8, 4) is 0 Å². The van der Waals surface area contributed by atoms with Crippen molar-refractivity contribution in [3.05, 3.63) is 47.3 Å². The van der Waals surface area contributed by atoms with E-state index in [2.05, 4.69) is 10.5 Å². The fourth-order valence-electron chi connectivity index (χ4n) is 2.71. The van der Waals surface area contributed by atoms with Crippen LogP contribution in [0.2, 0.25) is 0 Å². The largest absolute Gasteiger partial charge is 0.361 e. The first-order valence-electron chi connectivity index (χ1n) is 7.10. The van der Waals surface area contributed by atoms with Crippen molar-refractivity contribution in [1.29, 1.82) is 0 Å². The molecule has 6 nitrogen and oxygen atoms in total. The summed E-state index contributed by atoms with van der Waals surface area (Å²) < 4.78 is 5.01. The lowest BCUT2D eigenvalue weighted by molar-refractivity contribution is -0.134. The van der Waals surface area contributed by atoms with Gasteiger partial charge in [-0.1, -0.05) is 23.4 Å². The Bertz CT molecular complexity index is 723. The second-order valence-electron chi connectivity index (χ2n) is 5.52. The molecule has 1 aliphatic rings. The molecule has 2 aromatic rings. The Kier molecular flexibility index (Phi) is 3.66. The summed E-state index contributed by atoms with van der Waals surface area (Å²) in [6.07, 6.45) is 0.165. The summed E-state index contributed by atoms with van der Waals surface area (Å²) in [5, 5.41) is 6.69. The summed E-state index contributed by atoms with van der Waals surface area (Å²) in [5.74, 6) is 0.0203. The number of nitrogens with zero attached hydrogens (tertiary/aromatic N) is 2. The maximum Gasteiger partial charge on any atom is 0.230 e. The molecular formula is C16H17N3O3. The van der Waals surface area contributed by atoms with Gasteiger partial charge in [0.15, 0.2) is 0 Å². The maximum absolute atomic E-state index is 12.7. The number of para-hydroxylation sites is 1. The summed E-state index contributed by atoms with van der Waals surface area (Å²) in [7, 11) is 1.71. The monoisotopic (exact) mass is 299 g/mol. The van der Waals surface area contributed by atoms with Crippen LogP contribution in [0.1, 0.15) is 29.4 Å². The first-order chi connectivity index (χ1) is 10.5. The molecule has 1 aromatic heterocycles. The van der Waals surface area contributed by atoms with Crippen molar-refractivity contribution in [2.24, 2.45) is 0 Å². The summed E-state index contributed by atoms with van der Waals surface area (Å²) in [6.45, 7) is 2.16. The predicted molar refractivity (Wildman–Crippen MR) is 80.1 cm³/mol. The van der Waals surface area contributed by atoms with Crippen molar-refractivity contribution < 1.29 is 14.1 Å². The molecular weight excluding hydrogens is 282 g/mol. The number of nitrogens with one attached hydrogen (secondary N) is 1. The molecule has 0 bridgehead atoms. The second-order valence-corrected chi connectivity index (χ2v) is 5.52. The maximum atomic E-state index is 12.7. The van der Waals surface area contributed by atoms with E-state index in [1.54, 1.807) is 24.9 Å². The molecule has 2 amide bonds.